The standard InChI is InChI=1S/C19H14N4O2S/c20-18-17-16(21-11-22-18)15(10-26-17)19(24)23-12-5-4-8-14(9-12)25-13-6-2-1-3-7-13/h1-11H,(H,23,24)(H2,20,21,22). The van der Waals surface area contributed by atoms with Gasteiger partial charge in [-0.25, -0.2) is 9.97 Å². The third-order valence-corrected chi connectivity index (χ3v) is 4.69. The molecule has 0 unspecified atom stereocenters. The number of anilines is 2. The fourth-order valence-corrected chi connectivity index (χ4v) is 3.39. The van der Waals surface area contributed by atoms with E-state index in [0.717, 1.165) is 5.75 Å². The number of hydrogen-bond donors (Lipinski definition) is 2. The van der Waals surface area contributed by atoms with Crippen molar-refractivity contribution in [1.82, 2.24) is 9.97 Å². The molecule has 2 aromatic heterocycles. The quantitative estimate of drug-likeness (QED) is 0.564. The topological polar surface area (TPSA) is 90.1 Å². The predicted molar refractivity (Wildman–Crippen MR) is 103 cm³/mol. The van der Waals surface area contributed by atoms with Crippen LogP contribution >= 0.6 is 11.3 Å². The molecule has 0 radical (unpaired) electrons. The van der Waals surface area contributed by atoms with E-state index in [9.17, 15) is 4.79 Å². The van der Waals surface area contributed by atoms with Crippen molar-refractivity contribution in [1.29, 1.82) is 0 Å². The highest BCUT2D eigenvalue weighted by atomic mass is 32.1. The van der Waals surface area contributed by atoms with E-state index in [2.05, 4.69) is 15.3 Å². The third kappa shape index (κ3) is 3.20. The molecular weight excluding hydrogens is 348 g/mol. The number of nitrogens with zero attached hydrogens (tertiary/aromatic N) is 2. The minimum atomic E-state index is -0.258. The van der Waals surface area contributed by atoms with Gasteiger partial charge >= 0.3 is 0 Å². The second-order valence-corrected chi connectivity index (χ2v) is 6.36. The molecule has 0 bridgehead atoms. The first-order valence-corrected chi connectivity index (χ1v) is 8.70. The van der Waals surface area contributed by atoms with E-state index in [-0.39, 0.29) is 5.91 Å². The van der Waals surface area contributed by atoms with Crippen LogP contribution in [0.2, 0.25) is 0 Å². The normalized spacial score (nSPS) is 10.6. The number of rotatable bonds is 4. The highest BCUT2D eigenvalue weighted by molar-refractivity contribution is 7.18. The van der Waals surface area contributed by atoms with Gasteiger partial charge in [-0.15, -0.1) is 11.3 Å². The van der Waals surface area contributed by atoms with Gasteiger partial charge in [-0.1, -0.05) is 24.3 Å². The van der Waals surface area contributed by atoms with Gasteiger partial charge in [-0.05, 0) is 24.3 Å². The van der Waals surface area contributed by atoms with E-state index in [0.29, 0.717) is 33.0 Å². The molecule has 6 nitrogen and oxygen atoms in total. The highest BCUT2D eigenvalue weighted by Crippen LogP contribution is 2.29. The number of aromatic nitrogens is 2. The zero-order chi connectivity index (χ0) is 17.9. The lowest BCUT2D eigenvalue weighted by Gasteiger charge is -2.08. The number of nitrogens with one attached hydrogen (secondary N) is 1. The number of carbonyl (C=O) groups excluding carboxylic acids is 1. The Bertz CT molecular complexity index is 1080. The SMILES string of the molecule is Nc1ncnc2c(C(=O)Nc3cccc(Oc4ccccc4)c3)csc12. The average Bonchev–Trinajstić information content (AvgIpc) is 3.08. The van der Waals surface area contributed by atoms with Crippen LogP contribution in [0.15, 0.2) is 66.3 Å². The second kappa shape index (κ2) is 6.81. The fraction of sp³-hybridized carbons (Fsp3) is 0. The molecule has 0 fully saturated rings. The molecular formula is C19H14N4O2S. The Morgan fingerprint density at radius 2 is 1.85 bits per heavy atom. The maximum Gasteiger partial charge on any atom is 0.258 e. The molecule has 0 aliphatic carbocycles. The molecule has 0 saturated carbocycles. The highest BCUT2D eigenvalue weighted by Gasteiger charge is 2.15. The van der Waals surface area contributed by atoms with E-state index in [1.807, 2.05) is 42.5 Å². The molecule has 0 atom stereocenters. The van der Waals surface area contributed by atoms with Crippen molar-refractivity contribution >= 4 is 39.0 Å². The first-order valence-electron chi connectivity index (χ1n) is 7.83. The summed E-state index contributed by atoms with van der Waals surface area (Å²) in [4.78, 5) is 20.7. The zero-order valence-corrected chi connectivity index (χ0v) is 14.4. The maximum absolute atomic E-state index is 12.6. The van der Waals surface area contributed by atoms with Crippen LogP contribution in [0.4, 0.5) is 11.5 Å². The van der Waals surface area contributed by atoms with Crippen LogP contribution in [0.3, 0.4) is 0 Å². The van der Waals surface area contributed by atoms with Crippen molar-refractivity contribution in [2.24, 2.45) is 0 Å². The van der Waals surface area contributed by atoms with E-state index >= 15 is 0 Å². The van der Waals surface area contributed by atoms with Gasteiger partial charge in [0.05, 0.1) is 15.8 Å². The Balaban J connectivity index is 1.56. The van der Waals surface area contributed by atoms with Gasteiger partial charge < -0.3 is 15.8 Å². The van der Waals surface area contributed by atoms with Gasteiger partial charge in [0.15, 0.2) is 0 Å². The van der Waals surface area contributed by atoms with Gasteiger partial charge in [0.1, 0.15) is 23.6 Å². The van der Waals surface area contributed by atoms with Gasteiger partial charge in [-0.2, -0.15) is 0 Å². The number of hydrogen-bond acceptors (Lipinski definition) is 6. The number of nitrogens with two attached hydrogens (primary N) is 1. The predicted octanol–water partition coefficient (Wildman–Crippen LogP) is 4.32. The van der Waals surface area contributed by atoms with E-state index in [1.165, 1.54) is 17.7 Å². The molecule has 0 spiro atoms. The molecule has 2 aromatic carbocycles. The Morgan fingerprint density at radius 1 is 1.04 bits per heavy atom. The Morgan fingerprint density at radius 3 is 2.69 bits per heavy atom. The van der Waals surface area contributed by atoms with E-state index in [1.54, 1.807) is 17.5 Å². The lowest BCUT2D eigenvalue weighted by Crippen LogP contribution is -2.11. The van der Waals surface area contributed by atoms with Crippen LogP contribution in [0, 0.1) is 0 Å². The van der Waals surface area contributed by atoms with Crippen LogP contribution in [0.25, 0.3) is 10.2 Å². The van der Waals surface area contributed by atoms with Crippen LogP contribution in [-0.4, -0.2) is 15.9 Å². The molecule has 7 heteroatoms. The average molecular weight is 362 g/mol. The lowest BCUT2D eigenvalue weighted by molar-refractivity contribution is 0.102. The minimum absolute atomic E-state index is 0.258. The first kappa shape index (κ1) is 16.0. The summed E-state index contributed by atoms with van der Waals surface area (Å²) >= 11 is 1.35. The summed E-state index contributed by atoms with van der Waals surface area (Å²) in [6.07, 6.45) is 1.36. The summed E-state index contributed by atoms with van der Waals surface area (Å²) in [5.74, 6) is 1.48. The Hall–Kier alpha value is -3.45. The minimum Gasteiger partial charge on any atom is -0.457 e. The van der Waals surface area contributed by atoms with Crippen molar-refractivity contribution in [2.45, 2.75) is 0 Å². The fourth-order valence-electron chi connectivity index (χ4n) is 2.49. The Labute approximate surface area is 153 Å². The largest absolute Gasteiger partial charge is 0.457 e. The van der Waals surface area contributed by atoms with E-state index < -0.39 is 0 Å². The van der Waals surface area contributed by atoms with E-state index in [4.69, 9.17) is 10.5 Å². The summed E-state index contributed by atoms with van der Waals surface area (Å²) in [6, 6.07) is 16.7. The van der Waals surface area contributed by atoms with Gasteiger partial charge in [0.2, 0.25) is 0 Å². The number of thiophene rings is 1. The van der Waals surface area contributed by atoms with Gasteiger partial charge in [-0.3, -0.25) is 4.79 Å². The maximum atomic E-state index is 12.6. The number of carbonyl (C=O) groups is 1. The molecule has 4 rings (SSSR count). The number of amides is 1. The third-order valence-electron chi connectivity index (χ3n) is 3.70. The smallest absolute Gasteiger partial charge is 0.258 e. The van der Waals surface area contributed by atoms with Crippen LogP contribution < -0.4 is 15.8 Å². The molecule has 0 saturated heterocycles. The first-order chi connectivity index (χ1) is 12.7. The van der Waals surface area contributed by atoms with Crippen LogP contribution in [0.1, 0.15) is 10.4 Å². The molecule has 2 heterocycles. The summed E-state index contributed by atoms with van der Waals surface area (Å²) in [5.41, 5.74) is 7.47. The molecule has 128 valence electrons. The van der Waals surface area contributed by atoms with Crippen molar-refractivity contribution in [3.63, 3.8) is 0 Å². The molecule has 0 aliphatic rings. The van der Waals surface area contributed by atoms with Crippen molar-refractivity contribution in [3.05, 3.63) is 71.9 Å². The molecule has 26 heavy (non-hydrogen) atoms. The summed E-state index contributed by atoms with van der Waals surface area (Å²) in [7, 11) is 0. The number of nitrogen functional groups attached to an aromatic ring is 1. The van der Waals surface area contributed by atoms with Gasteiger partial charge in [0, 0.05) is 17.1 Å². The number of benzene rings is 2. The second-order valence-electron chi connectivity index (χ2n) is 5.48. The summed E-state index contributed by atoms with van der Waals surface area (Å²) < 4.78 is 6.50. The summed E-state index contributed by atoms with van der Waals surface area (Å²) in [5, 5.41) is 4.60. The van der Waals surface area contributed by atoms with Crippen molar-refractivity contribution in [3.8, 4) is 11.5 Å². The van der Waals surface area contributed by atoms with Gasteiger partial charge in [0.25, 0.3) is 5.91 Å². The number of fused-ring (bicyclic) bond motifs is 1. The molecule has 1 amide bonds. The van der Waals surface area contributed by atoms with Crippen molar-refractivity contribution < 1.29 is 9.53 Å². The monoisotopic (exact) mass is 362 g/mol. The molecule has 3 N–H and O–H groups in total. The number of para-hydroxylation sites is 1. The van der Waals surface area contributed by atoms with Crippen LogP contribution in [-0.2, 0) is 0 Å². The zero-order valence-electron chi connectivity index (χ0n) is 13.5. The molecule has 4 aromatic rings. The molecule has 0 aliphatic heterocycles. The van der Waals surface area contributed by atoms with Crippen molar-refractivity contribution in [2.75, 3.05) is 11.1 Å². The lowest BCUT2D eigenvalue weighted by atomic mass is 10.2. The Kier molecular flexibility index (Phi) is 4.20. The summed E-state index contributed by atoms with van der Waals surface area (Å²) in [6.45, 7) is 0. The number of ether oxygens (including phenoxy) is 1. The van der Waals surface area contributed by atoms with Crippen LogP contribution in [0.5, 0.6) is 11.5 Å².